The highest BCUT2D eigenvalue weighted by molar-refractivity contribution is 5.94. The number of rotatable bonds is 5. The second-order valence-electron chi connectivity index (χ2n) is 6.59. The second kappa shape index (κ2) is 7.42. The molecule has 1 aliphatic carbocycles. The Morgan fingerprint density at radius 3 is 2.38 bits per heavy atom. The van der Waals surface area contributed by atoms with E-state index < -0.39 is 0 Å². The highest BCUT2D eigenvalue weighted by Gasteiger charge is 2.23. The lowest BCUT2D eigenvalue weighted by atomic mass is 9.91. The monoisotopic (exact) mass is 352 g/mol. The van der Waals surface area contributed by atoms with E-state index in [9.17, 15) is 4.79 Å². The minimum absolute atomic E-state index is 0.0216. The maximum Gasteiger partial charge on any atom is 0.251 e. The predicted octanol–water partition coefficient (Wildman–Crippen LogP) is 1.23. The summed E-state index contributed by atoms with van der Waals surface area (Å²) < 4.78 is 3.70. The van der Waals surface area contributed by atoms with Crippen LogP contribution in [0.25, 0.3) is 0 Å². The zero-order valence-corrected chi connectivity index (χ0v) is 14.3. The molecule has 0 spiro atoms. The SMILES string of the molecule is O=C(NC1CCC(n2cnnc2)CC1)c1ccc(Cn2cnnn2)cc1. The number of tetrazole rings is 1. The van der Waals surface area contributed by atoms with Gasteiger partial charge in [0.15, 0.2) is 0 Å². The third-order valence-electron chi connectivity index (χ3n) is 4.84. The summed E-state index contributed by atoms with van der Waals surface area (Å²) in [4.78, 5) is 12.5. The molecule has 1 saturated carbocycles. The molecular weight excluding hydrogens is 332 g/mol. The molecular formula is C17H20N8O. The van der Waals surface area contributed by atoms with Crippen molar-refractivity contribution in [3.63, 3.8) is 0 Å². The normalized spacial score (nSPS) is 20.0. The standard InChI is InChI=1S/C17H20N8O/c26-17(14-3-1-13(2-4-14)9-25-12-20-22-23-25)21-15-5-7-16(8-6-15)24-10-18-19-11-24/h1-4,10-12,15-16H,5-9H2,(H,21,26). The predicted molar refractivity (Wildman–Crippen MR) is 92.1 cm³/mol. The van der Waals surface area contributed by atoms with Crippen molar-refractivity contribution in [1.82, 2.24) is 40.3 Å². The topological polar surface area (TPSA) is 103 Å². The lowest BCUT2D eigenvalue weighted by Gasteiger charge is -2.29. The van der Waals surface area contributed by atoms with Gasteiger partial charge in [-0.1, -0.05) is 12.1 Å². The van der Waals surface area contributed by atoms with E-state index >= 15 is 0 Å². The van der Waals surface area contributed by atoms with E-state index in [0.29, 0.717) is 18.2 Å². The van der Waals surface area contributed by atoms with Gasteiger partial charge in [0.1, 0.15) is 19.0 Å². The van der Waals surface area contributed by atoms with Crippen molar-refractivity contribution in [2.75, 3.05) is 0 Å². The Hall–Kier alpha value is -3.10. The molecule has 134 valence electrons. The number of hydrogen-bond acceptors (Lipinski definition) is 6. The first kappa shape index (κ1) is 16.4. The first-order chi connectivity index (χ1) is 12.8. The Kier molecular flexibility index (Phi) is 4.67. The summed E-state index contributed by atoms with van der Waals surface area (Å²) in [5, 5.41) is 21.9. The minimum Gasteiger partial charge on any atom is -0.349 e. The lowest BCUT2D eigenvalue weighted by molar-refractivity contribution is 0.0922. The molecule has 0 atom stereocenters. The Balaban J connectivity index is 1.29. The zero-order valence-electron chi connectivity index (χ0n) is 14.3. The van der Waals surface area contributed by atoms with Crippen LogP contribution in [0.2, 0.25) is 0 Å². The molecule has 26 heavy (non-hydrogen) atoms. The smallest absolute Gasteiger partial charge is 0.251 e. The van der Waals surface area contributed by atoms with Crippen molar-refractivity contribution in [2.24, 2.45) is 0 Å². The van der Waals surface area contributed by atoms with Crippen LogP contribution < -0.4 is 5.32 Å². The number of aromatic nitrogens is 7. The van der Waals surface area contributed by atoms with Gasteiger partial charge in [-0.25, -0.2) is 4.68 Å². The molecule has 0 unspecified atom stereocenters. The van der Waals surface area contributed by atoms with Gasteiger partial charge < -0.3 is 9.88 Å². The molecule has 9 nitrogen and oxygen atoms in total. The maximum absolute atomic E-state index is 12.5. The van der Waals surface area contributed by atoms with Crippen LogP contribution in [0.3, 0.4) is 0 Å². The molecule has 1 N–H and O–H groups in total. The third kappa shape index (κ3) is 3.76. The second-order valence-corrected chi connectivity index (χ2v) is 6.59. The zero-order chi connectivity index (χ0) is 17.8. The summed E-state index contributed by atoms with van der Waals surface area (Å²) in [6.45, 7) is 0.585. The van der Waals surface area contributed by atoms with E-state index in [1.54, 1.807) is 23.7 Å². The first-order valence-electron chi connectivity index (χ1n) is 8.72. The van der Waals surface area contributed by atoms with Gasteiger partial charge in [0.25, 0.3) is 5.91 Å². The summed E-state index contributed by atoms with van der Waals surface area (Å²) in [5.41, 5.74) is 1.72. The Bertz CT molecular complexity index is 820. The quantitative estimate of drug-likeness (QED) is 0.741. The van der Waals surface area contributed by atoms with E-state index in [0.717, 1.165) is 31.2 Å². The minimum atomic E-state index is -0.0216. The van der Waals surface area contributed by atoms with Gasteiger partial charge >= 0.3 is 0 Å². The average molecular weight is 352 g/mol. The fraction of sp³-hybridized carbons (Fsp3) is 0.412. The van der Waals surface area contributed by atoms with Gasteiger partial charge in [0, 0.05) is 17.6 Å². The van der Waals surface area contributed by atoms with Gasteiger partial charge in [0.05, 0.1) is 6.54 Å². The Morgan fingerprint density at radius 1 is 1.00 bits per heavy atom. The number of benzene rings is 1. The molecule has 2 aromatic heterocycles. The lowest BCUT2D eigenvalue weighted by Crippen LogP contribution is -2.37. The number of nitrogens with one attached hydrogen (secondary N) is 1. The van der Waals surface area contributed by atoms with E-state index in [-0.39, 0.29) is 11.9 Å². The molecule has 9 heteroatoms. The summed E-state index contributed by atoms with van der Waals surface area (Å²) in [6, 6.07) is 8.20. The molecule has 0 bridgehead atoms. The van der Waals surface area contributed by atoms with Crippen LogP contribution in [-0.4, -0.2) is 46.9 Å². The molecule has 1 aliphatic rings. The van der Waals surface area contributed by atoms with Crippen LogP contribution in [0.1, 0.15) is 47.6 Å². The molecule has 0 aliphatic heterocycles. The van der Waals surface area contributed by atoms with E-state index in [1.807, 2.05) is 24.3 Å². The van der Waals surface area contributed by atoms with E-state index in [2.05, 4.69) is 35.6 Å². The Labute approximate surface area is 150 Å². The Morgan fingerprint density at radius 2 is 1.73 bits per heavy atom. The first-order valence-corrected chi connectivity index (χ1v) is 8.72. The fourth-order valence-electron chi connectivity index (χ4n) is 3.39. The third-order valence-corrected chi connectivity index (χ3v) is 4.84. The summed E-state index contributed by atoms with van der Waals surface area (Å²) in [5.74, 6) is -0.0216. The van der Waals surface area contributed by atoms with E-state index in [1.165, 1.54) is 0 Å². The van der Waals surface area contributed by atoms with Crippen LogP contribution in [0.4, 0.5) is 0 Å². The summed E-state index contributed by atoms with van der Waals surface area (Å²) >= 11 is 0. The molecule has 3 aromatic rings. The fourth-order valence-corrected chi connectivity index (χ4v) is 3.39. The van der Waals surface area contributed by atoms with Gasteiger partial charge in [-0.2, -0.15) is 0 Å². The van der Waals surface area contributed by atoms with Crippen molar-refractivity contribution in [2.45, 2.75) is 44.3 Å². The molecule has 1 aromatic carbocycles. The molecule has 1 amide bonds. The maximum atomic E-state index is 12.5. The molecule has 2 heterocycles. The van der Waals surface area contributed by atoms with E-state index in [4.69, 9.17) is 0 Å². The highest BCUT2D eigenvalue weighted by atomic mass is 16.1. The number of carbonyl (C=O) groups excluding carboxylic acids is 1. The van der Waals surface area contributed by atoms with Gasteiger partial charge in [-0.3, -0.25) is 4.79 Å². The van der Waals surface area contributed by atoms with Gasteiger partial charge in [-0.15, -0.1) is 15.3 Å². The highest BCUT2D eigenvalue weighted by Crippen LogP contribution is 2.28. The number of carbonyl (C=O) groups is 1. The van der Waals surface area contributed by atoms with Crippen LogP contribution in [-0.2, 0) is 6.54 Å². The number of nitrogens with zero attached hydrogens (tertiary/aromatic N) is 7. The van der Waals surface area contributed by atoms with Crippen molar-refractivity contribution < 1.29 is 4.79 Å². The largest absolute Gasteiger partial charge is 0.349 e. The van der Waals surface area contributed by atoms with Crippen molar-refractivity contribution in [1.29, 1.82) is 0 Å². The summed E-state index contributed by atoms with van der Waals surface area (Å²) in [6.07, 6.45) is 9.07. The van der Waals surface area contributed by atoms with Crippen LogP contribution in [0, 0.1) is 0 Å². The van der Waals surface area contributed by atoms with Crippen molar-refractivity contribution in [3.8, 4) is 0 Å². The van der Waals surface area contributed by atoms with Gasteiger partial charge in [-0.05, 0) is 53.8 Å². The van der Waals surface area contributed by atoms with Crippen LogP contribution >= 0.6 is 0 Å². The molecule has 4 rings (SSSR count). The van der Waals surface area contributed by atoms with Crippen LogP contribution in [0.15, 0.2) is 43.2 Å². The van der Waals surface area contributed by atoms with Crippen LogP contribution in [0.5, 0.6) is 0 Å². The van der Waals surface area contributed by atoms with Gasteiger partial charge in [0.2, 0.25) is 0 Å². The average Bonchev–Trinajstić information content (AvgIpc) is 3.37. The van der Waals surface area contributed by atoms with Crippen molar-refractivity contribution in [3.05, 3.63) is 54.4 Å². The molecule has 0 radical (unpaired) electrons. The number of amides is 1. The molecule has 0 saturated heterocycles. The van der Waals surface area contributed by atoms with Crippen molar-refractivity contribution >= 4 is 5.91 Å². The number of hydrogen-bond donors (Lipinski definition) is 1. The summed E-state index contributed by atoms with van der Waals surface area (Å²) in [7, 11) is 0. The molecule has 1 fully saturated rings.